The Morgan fingerprint density at radius 1 is 0.941 bits per heavy atom. The number of unbranched alkanes of at least 4 members (excludes halogenated alkanes) is 2. The van der Waals surface area contributed by atoms with Crippen molar-refractivity contribution in [1.82, 2.24) is 14.8 Å². The Morgan fingerprint density at radius 2 is 1.62 bits per heavy atom. The highest BCUT2D eigenvalue weighted by molar-refractivity contribution is 6.10. The van der Waals surface area contributed by atoms with E-state index in [2.05, 4.69) is 17.0 Å². The quantitative estimate of drug-likeness (QED) is 0.274. The number of aromatic amines is 1. The third-order valence-electron chi connectivity index (χ3n) is 5.50. The number of rotatable bonds is 10. The third kappa shape index (κ3) is 5.08. The maximum absolute atomic E-state index is 12.9. The number of Topliss-reactive ketones (excluding diaryl/α,β-unsaturated/α-hetero) is 1. The molecule has 0 unspecified atom stereocenters. The number of ketones is 1. The van der Waals surface area contributed by atoms with Crippen molar-refractivity contribution in [3.05, 3.63) is 62.8 Å². The van der Waals surface area contributed by atoms with Crippen molar-refractivity contribution in [1.29, 1.82) is 0 Å². The zero-order valence-electron chi connectivity index (χ0n) is 19.9. The molecule has 0 bridgehead atoms. The number of benzene rings is 1. The lowest BCUT2D eigenvalue weighted by Crippen LogP contribution is -2.27. The summed E-state index contributed by atoms with van der Waals surface area (Å²) in [4.78, 5) is 54.0. The van der Waals surface area contributed by atoms with E-state index < -0.39 is 24.3 Å². The molecule has 9 nitrogen and oxygen atoms in total. The van der Waals surface area contributed by atoms with Gasteiger partial charge >= 0.3 is 11.9 Å². The average molecular weight is 468 g/mol. The Hall–Kier alpha value is -3.75. The molecule has 9 heteroatoms. The Morgan fingerprint density at radius 3 is 2.29 bits per heavy atom. The molecule has 2 heterocycles. The van der Waals surface area contributed by atoms with Gasteiger partial charge in [-0.25, -0.2) is 14.3 Å². The van der Waals surface area contributed by atoms with E-state index in [4.69, 9.17) is 9.47 Å². The molecule has 0 radical (unpaired) electrons. The summed E-state index contributed by atoms with van der Waals surface area (Å²) < 4.78 is 11.6. The lowest BCUT2D eigenvalue weighted by molar-refractivity contribution is 0.0466. The number of esters is 2. The Labute approximate surface area is 197 Å². The highest BCUT2D eigenvalue weighted by Crippen LogP contribution is 2.21. The summed E-state index contributed by atoms with van der Waals surface area (Å²) >= 11 is 0. The van der Waals surface area contributed by atoms with Crippen molar-refractivity contribution in [2.45, 2.75) is 53.5 Å². The van der Waals surface area contributed by atoms with Crippen LogP contribution in [0.25, 0.3) is 10.8 Å². The van der Waals surface area contributed by atoms with Crippen molar-refractivity contribution in [2.75, 3.05) is 13.2 Å². The van der Waals surface area contributed by atoms with Crippen LogP contribution in [0.15, 0.2) is 29.1 Å². The minimum absolute atomic E-state index is 0.0351. The number of hydrogen-bond donors (Lipinski definition) is 1. The number of carbonyl (C=O) groups is 3. The van der Waals surface area contributed by atoms with Gasteiger partial charge in [-0.15, -0.1) is 0 Å². The summed E-state index contributed by atoms with van der Waals surface area (Å²) in [7, 11) is 0. The van der Waals surface area contributed by atoms with Gasteiger partial charge in [0.15, 0.2) is 12.3 Å². The minimum atomic E-state index is -0.823. The fourth-order valence-corrected chi connectivity index (χ4v) is 3.91. The first-order valence-electron chi connectivity index (χ1n) is 11.4. The van der Waals surface area contributed by atoms with Crippen LogP contribution in [0.4, 0.5) is 0 Å². The van der Waals surface area contributed by atoms with Gasteiger partial charge in [0.05, 0.1) is 23.1 Å². The van der Waals surface area contributed by atoms with E-state index in [-0.39, 0.29) is 29.0 Å². The van der Waals surface area contributed by atoms with Gasteiger partial charge in [-0.2, -0.15) is 5.10 Å². The number of carbonyl (C=O) groups excluding carboxylic acids is 3. The van der Waals surface area contributed by atoms with Crippen LogP contribution in [0.2, 0.25) is 0 Å². The molecule has 0 spiro atoms. The summed E-state index contributed by atoms with van der Waals surface area (Å²) in [5.74, 6) is -1.99. The van der Waals surface area contributed by atoms with Crippen LogP contribution in [-0.4, -0.2) is 45.7 Å². The number of ether oxygens (including phenoxy) is 2. The topological polar surface area (TPSA) is 120 Å². The number of aryl methyl sites for hydroxylation is 3. The van der Waals surface area contributed by atoms with Gasteiger partial charge in [-0.3, -0.25) is 9.59 Å². The second-order valence-corrected chi connectivity index (χ2v) is 7.97. The van der Waals surface area contributed by atoms with Gasteiger partial charge in [0.2, 0.25) is 5.78 Å². The summed E-state index contributed by atoms with van der Waals surface area (Å²) in [6.45, 7) is 7.01. The summed E-state index contributed by atoms with van der Waals surface area (Å²) in [5.41, 5.74) is 0.926. The molecule has 0 aliphatic rings. The van der Waals surface area contributed by atoms with Crippen LogP contribution < -0.4 is 5.56 Å². The zero-order chi connectivity index (χ0) is 24.8. The van der Waals surface area contributed by atoms with Crippen LogP contribution in [-0.2, 0) is 16.0 Å². The molecule has 1 aromatic carbocycles. The largest absolute Gasteiger partial charge is 0.462 e. The van der Waals surface area contributed by atoms with Crippen LogP contribution in [0.1, 0.15) is 75.7 Å². The number of hydrogen-bond acceptors (Lipinski definition) is 7. The van der Waals surface area contributed by atoms with Gasteiger partial charge < -0.3 is 14.5 Å². The van der Waals surface area contributed by atoms with E-state index >= 15 is 0 Å². The number of H-pyrrole nitrogens is 1. The number of fused-ring (bicyclic) bond motifs is 1. The van der Waals surface area contributed by atoms with E-state index in [1.54, 1.807) is 45.0 Å². The van der Waals surface area contributed by atoms with Gasteiger partial charge in [-0.1, -0.05) is 38.0 Å². The second kappa shape index (κ2) is 10.9. The van der Waals surface area contributed by atoms with E-state index in [0.29, 0.717) is 28.7 Å². The van der Waals surface area contributed by atoms with Crippen molar-refractivity contribution < 1.29 is 23.9 Å². The number of nitrogens with zero attached hydrogens (tertiary/aromatic N) is 2. The molecule has 0 amide bonds. The molecule has 0 fully saturated rings. The van der Waals surface area contributed by atoms with Gasteiger partial charge in [0.25, 0.3) is 5.56 Å². The zero-order valence-corrected chi connectivity index (χ0v) is 19.9. The third-order valence-corrected chi connectivity index (χ3v) is 5.50. The van der Waals surface area contributed by atoms with Gasteiger partial charge in [-0.05, 0) is 33.3 Å². The molecule has 2 aromatic heterocycles. The maximum Gasteiger partial charge on any atom is 0.359 e. The molecule has 180 valence electrons. The van der Waals surface area contributed by atoms with E-state index in [1.165, 1.54) is 4.68 Å². The van der Waals surface area contributed by atoms with E-state index in [9.17, 15) is 19.2 Å². The Kier molecular flexibility index (Phi) is 7.99. The first kappa shape index (κ1) is 24.9. The summed E-state index contributed by atoms with van der Waals surface area (Å²) in [6.07, 6.45) is 2.65. The smallest absolute Gasteiger partial charge is 0.359 e. The van der Waals surface area contributed by atoms with Crippen molar-refractivity contribution >= 4 is 28.5 Å². The molecule has 34 heavy (non-hydrogen) atoms. The molecule has 1 N–H and O–H groups in total. The molecular formula is C25H29N3O6. The fraction of sp³-hybridized carbons (Fsp3) is 0.400. The van der Waals surface area contributed by atoms with Crippen LogP contribution in [0.3, 0.4) is 0 Å². The summed E-state index contributed by atoms with van der Waals surface area (Å²) in [6, 6.07) is 6.67. The second-order valence-electron chi connectivity index (χ2n) is 7.97. The highest BCUT2D eigenvalue weighted by Gasteiger charge is 2.27. The van der Waals surface area contributed by atoms with Crippen molar-refractivity contribution in [3.63, 3.8) is 0 Å². The first-order valence-corrected chi connectivity index (χ1v) is 11.4. The van der Waals surface area contributed by atoms with E-state index in [0.717, 1.165) is 19.3 Å². The number of aromatic nitrogens is 3. The van der Waals surface area contributed by atoms with Crippen molar-refractivity contribution in [3.8, 4) is 0 Å². The Bertz CT molecular complexity index is 1290. The predicted octanol–water partition coefficient (Wildman–Crippen LogP) is 3.75. The molecule has 0 saturated carbocycles. The van der Waals surface area contributed by atoms with E-state index in [1.807, 2.05) is 0 Å². The Balaban J connectivity index is 1.88. The minimum Gasteiger partial charge on any atom is -0.462 e. The van der Waals surface area contributed by atoms with Crippen LogP contribution in [0.5, 0.6) is 0 Å². The molecule has 0 aliphatic heterocycles. The molecule has 3 rings (SSSR count). The maximum atomic E-state index is 12.9. The lowest BCUT2D eigenvalue weighted by atomic mass is 10.1. The van der Waals surface area contributed by atoms with Crippen LogP contribution in [0, 0.1) is 13.8 Å². The SMILES string of the molecule is CCCCCn1nc(C(=O)OCC(=O)c2c(C)[nH]c(C)c2C(=O)OCC)c2ccccc2c1=O. The van der Waals surface area contributed by atoms with Crippen molar-refractivity contribution in [2.24, 2.45) is 0 Å². The normalized spacial score (nSPS) is 10.9. The molecule has 0 aliphatic carbocycles. The highest BCUT2D eigenvalue weighted by atomic mass is 16.5. The first-order chi connectivity index (χ1) is 16.3. The van der Waals surface area contributed by atoms with Gasteiger partial charge in [0.1, 0.15) is 0 Å². The van der Waals surface area contributed by atoms with Gasteiger partial charge in [0, 0.05) is 23.3 Å². The molecule has 3 aromatic rings. The summed E-state index contributed by atoms with van der Waals surface area (Å²) in [5, 5.41) is 4.97. The molecule has 0 atom stereocenters. The average Bonchev–Trinajstić information content (AvgIpc) is 3.12. The lowest BCUT2D eigenvalue weighted by Gasteiger charge is -2.11. The predicted molar refractivity (Wildman–Crippen MR) is 126 cm³/mol. The number of nitrogens with one attached hydrogen (secondary N) is 1. The fourth-order valence-electron chi connectivity index (χ4n) is 3.91. The molecule has 0 saturated heterocycles. The molecular weight excluding hydrogens is 438 g/mol. The van der Waals surface area contributed by atoms with Crippen LogP contribution >= 0.6 is 0 Å². The standard InChI is InChI=1S/C25H29N3O6/c1-5-7-10-13-28-23(30)18-12-9-8-11-17(18)22(27-28)25(32)34-14-19(29)20-15(3)26-16(4)21(20)24(31)33-6-2/h8-9,11-12,26H,5-7,10,13-14H2,1-4H3. The monoisotopic (exact) mass is 467 g/mol.